The Labute approximate surface area is 110 Å². The Hall–Kier alpha value is -0.610. The summed E-state index contributed by atoms with van der Waals surface area (Å²) >= 11 is 0. The van der Waals surface area contributed by atoms with E-state index in [1.165, 1.54) is 7.11 Å². The number of carbonyl (C=O) groups excluding carboxylic acids is 1. The molecule has 0 amide bonds. The fourth-order valence-electron chi connectivity index (χ4n) is 2.94. The number of nitrogens with zero attached hydrogens (tertiary/aromatic N) is 1. The predicted octanol–water partition coefficient (Wildman–Crippen LogP) is 1.81. The molecule has 4 nitrogen and oxygen atoms in total. The Kier molecular flexibility index (Phi) is 5.60. The molecule has 2 unspecified atom stereocenters. The van der Waals surface area contributed by atoms with Crippen LogP contribution in [0, 0.1) is 5.92 Å². The van der Waals surface area contributed by atoms with E-state index < -0.39 is 11.5 Å². The monoisotopic (exact) mass is 257 g/mol. The second-order valence-electron chi connectivity index (χ2n) is 5.57. The first-order valence-corrected chi connectivity index (χ1v) is 6.99. The van der Waals surface area contributed by atoms with Crippen molar-refractivity contribution in [3.63, 3.8) is 0 Å². The molecule has 1 fully saturated rings. The van der Waals surface area contributed by atoms with Crippen LogP contribution in [0.3, 0.4) is 0 Å². The molecule has 0 saturated carbocycles. The topological polar surface area (TPSA) is 49.8 Å². The van der Waals surface area contributed by atoms with Crippen LogP contribution in [-0.2, 0) is 9.53 Å². The third-order valence-corrected chi connectivity index (χ3v) is 4.16. The highest BCUT2D eigenvalue weighted by atomic mass is 16.5. The fraction of sp³-hybridized carbons (Fsp3) is 0.929. The van der Waals surface area contributed by atoms with Gasteiger partial charge in [0.2, 0.25) is 0 Å². The Bertz CT molecular complexity index is 280. The first-order valence-electron chi connectivity index (χ1n) is 6.99. The van der Waals surface area contributed by atoms with E-state index in [1.54, 1.807) is 0 Å². The molecular weight excluding hydrogens is 230 g/mol. The van der Waals surface area contributed by atoms with E-state index in [-0.39, 0.29) is 5.97 Å². The van der Waals surface area contributed by atoms with Crippen LogP contribution in [0.25, 0.3) is 0 Å². The second kappa shape index (κ2) is 6.53. The van der Waals surface area contributed by atoms with Crippen LogP contribution in [0.15, 0.2) is 0 Å². The van der Waals surface area contributed by atoms with E-state index in [2.05, 4.69) is 18.7 Å². The number of hydrogen-bond donors (Lipinski definition) is 1. The maximum Gasteiger partial charge on any atom is 0.311 e. The molecule has 0 radical (unpaired) electrons. The van der Waals surface area contributed by atoms with Gasteiger partial charge in [-0.05, 0) is 46.1 Å². The smallest absolute Gasteiger partial charge is 0.311 e. The van der Waals surface area contributed by atoms with Gasteiger partial charge in [-0.3, -0.25) is 4.79 Å². The lowest BCUT2D eigenvalue weighted by Crippen LogP contribution is -2.43. The molecule has 0 bridgehead atoms. The highest BCUT2D eigenvalue weighted by molar-refractivity contribution is 5.73. The van der Waals surface area contributed by atoms with Crippen molar-refractivity contribution in [2.24, 2.45) is 5.92 Å². The summed E-state index contributed by atoms with van der Waals surface area (Å²) in [7, 11) is 1.39. The van der Waals surface area contributed by atoms with Crippen molar-refractivity contribution >= 4 is 5.97 Å². The van der Waals surface area contributed by atoms with Crippen molar-refractivity contribution in [3.05, 3.63) is 0 Å². The number of ether oxygens (including phenoxy) is 1. The molecule has 18 heavy (non-hydrogen) atoms. The van der Waals surface area contributed by atoms with Gasteiger partial charge in [-0.2, -0.15) is 0 Å². The average molecular weight is 257 g/mol. The van der Waals surface area contributed by atoms with E-state index in [4.69, 9.17) is 4.74 Å². The van der Waals surface area contributed by atoms with E-state index in [1.807, 2.05) is 6.92 Å². The lowest BCUT2D eigenvalue weighted by atomic mass is 9.80. The van der Waals surface area contributed by atoms with Gasteiger partial charge in [-0.15, -0.1) is 0 Å². The molecule has 0 aliphatic carbocycles. The first kappa shape index (κ1) is 15.4. The summed E-state index contributed by atoms with van der Waals surface area (Å²) < 4.78 is 4.82. The molecule has 0 aromatic carbocycles. The van der Waals surface area contributed by atoms with E-state index in [0.717, 1.165) is 19.5 Å². The largest absolute Gasteiger partial charge is 0.469 e. The molecule has 0 aromatic heterocycles. The van der Waals surface area contributed by atoms with Crippen molar-refractivity contribution < 1.29 is 14.6 Å². The molecule has 2 atom stereocenters. The summed E-state index contributed by atoms with van der Waals surface area (Å²) in [6, 6.07) is 0.491. The minimum absolute atomic E-state index is 0.280. The van der Waals surface area contributed by atoms with Gasteiger partial charge in [0.1, 0.15) is 0 Å². The zero-order valence-electron chi connectivity index (χ0n) is 12.1. The summed E-state index contributed by atoms with van der Waals surface area (Å²) in [6.07, 6.45) is 2.90. The van der Waals surface area contributed by atoms with Crippen LogP contribution >= 0.6 is 0 Å². The van der Waals surface area contributed by atoms with Gasteiger partial charge in [-0.1, -0.05) is 6.92 Å². The van der Waals surface area contributed by atoms with Crippen LogP contribution in [-0.4, -0.2) is 47.8 Å². The number of rotatable bonds is 4. The molecule has 0 spiro atoms. The molecule has 1 N–H and O–H groups in total. The van der Waals surface area contributed by atoms with Crippen LogP contribution in [0.5, 0.6) is 0 Å². The van der Waals surface area contributed by atoms with Gasteiger partial charge < -0.3 is 14.7 Å². The van der Waals surface area contributed by atoms with Gasteiger partial charge in [0.25, 0.3) is 0 Å². The minimum atomic E-state index is -0.897. The predicted molar refractivity (Wildman–Crippen MR) is 71.3 cm³/mol. The van der Waals surface area contributed by atoms with Crippen molar-refractivity contribution in [3.8, 4) is 0 Å². The molecule has 1 aliphatic heterocycles. The quantitative estimate of drug-likeness (QED) is 0.780. The van der Waals surface area contributed by atoms with Gasteiger partial charge in [0.15, 0.2) is 0 Å². The van der Waals surface area contributed by atoms with Crippen molar-refractivity contribution in [1.29, 1.82) is 0 Å². The number of hydrogen-bond acceptors (Lipinski definition) is 4. The number of methoxy groups -OCH3 is 1. The summed E-state index contributed by atoms with van der Waals surface area (Å²) in [4.78, 5) is 14.1. The molecule has 1 heterocycles. The highest BCUT2D eigenvalue weighted by Gasteiger charge is 2.42. The summed E-state index contributed by atoms with van der Waals surface area (Å²) in [5.74, 6) is -0.674. The molecule has 4 heteroatoms. The zero-order valence-corrected chi connectivity index (χ0v) is 12.1. The maximum atomic E-state index is 11.8. The molecule has 106 valence electrons. The van der Waals surface area contributed by atoms with Crippen LogP contribution in [0.4, 0.5) is 0 Å². The lowest BCUT2D eigenvalue weighted by molar-refractivity contribution is -0.157. The maximum absolute atomic E-state index is 11.8. The summed E-state index contributed by atoms with van der Waals surface area (Å²) in [5, 5.41) is 10.8. The van der Waals surface area contributed by atoms with Crippen molar-refractivity contribution in [2.45, 2.75) is 58.1 Å². The van der Waals surface area contributed by atoms with E-state index in [9.17, 15) is 9.90 Å². The fourth-order valence-corrected chi connectivity index (χ4v) is 2.94. The van der Waals surface area contributed by atoms with Crippen molar-refractivity contribution in [1.82, 2.24) is 4.90 Å². The van der Waals surface area contributed by atoms with Crippen LogP contribution < -0.4 is 0 Å². The van der Waals surface area contributed by atoms with Crippen LogP contribution in [0.2, 0.25) is 0 Å². The Morgan fingerprint density at radius 3 is 2.56 bits per heavy atom. The molecular formula is C14H27NO3. The lowest BCUT2D eigenvalue weighted by Gasteiger charge is -2.33. The molecule has 1 aliphatic rings. The first-order chi connectivity index (χ1) is 8.44. The third kappa shape index (κ3) is 3.45. The Balaban J connectivity index is 2.76. The third-order valence-electron chi connectivity index (χ3n) is 4.16. The van der Waals surface area contributed by atoms with Crippen molar-refractivity contribution in [2.75, 3.05) is 20.2 Å². The minimum Gasteiger partial charge on any atom is -0.469 e. The highest BCUT2D eigenvalue weighted by Crippen LogP contribution is 2.33. The Morgan fingerprint density at radius 2 is 2.06 bits per heavy atom. The van der Waals surface area contributed by atoms with Gasteiger partial charge in [0.05, 0.1) is 18.6 Å². The van der Waals surface area contributed by atoms with Crippen LogP contribution in [0.1, 0.15) is 46.5 Å². The summed E-state index contributed by atoms with van der Waals surface area (Å²) in [5.41, 5.74) is -0.897. The number of esters is 1. The van der Waals surface area contributed by atoms with E-state index in [0.29, 0.717) is 25.3 Å². The standard InChI is InChI=1S/C14H27NO3/c1-5-12(13(16)18-4)14(17)7-6-9-15(10-8-14)11(2)3/h11-12,17H,5-10H2,1-4H3. The van der Waals surface area contributed by atoms with E-state index >= 15 is 0 Å². The number of carbonyl (C=O) groups is 1. The molecule has 1 rings (SSSR count). The number of likely N-dealkylation sites (tertiary alicyclic amines) is 1. The van der Waals surface area contributed by atoms with Gasteiger partial charge in [0, 0.05) is 12.6 Å². The number of aliphatic hydroxyl groups is 1. The SMILES string of the molecule is CCC(C(=O)OC)C1(O)CCCN(C(C)C)CC1. The normalized spacial score (nSPS) is 27.9. The second-order valence-corrected chi connectivity index (χ2v) is 5.57. The zero-order chi connectivity index (χ0) is 13.8. The molecule has 0 aromatic rings. The molecule has 1 saturated heterocycles. The van der Waals surface area contributed by atoms with Gasteiger partial charge >= 0.3 is 5.97 Å². The van der Waals surface area contributed by atoms with Gasteiger partial charge in [-0.25, -0.2) is 0 Å². The Morgan fingerprint density at radius 1 is 1.39 bits per heavy atom. The summed E-state index contributed by atoms with van der Waals surface area (Å²) in [6.45, 7) is 8.12. The average Bonchev–Trinajstić information content (AvgIpc) is 2.52.